The Morgan fingerprint density at radius 3 is 1.27 bits per heavy atom. The molecular weight excluding hydrogens is 372 g/mol. The topological polar surface area (TPSA) is 44.2 Å². The summed E-state index contributed by atoms with van der Waals surface area (Å²) in [7, 11) is 0. The zero-order valence-electron chi connectivity index (χ0n) is 17.2. The van der Waals surface area contributed by atoms with Crippen LogP contribution in [-0.2, 0) is 13.2 Å². The lowest BCUT2D eigenvalue weighted by atomic mass is 10.2. The highest BCUT2D eigenvalue weighted by atomic mass is 16.5. The second-order valence-electron chi connectivity index (χ2n) is 7.31. The van der Waals surface area contributed by atoms with Crippen molar-refractivity contribution in [2.24, 2.45) is 0 Å². The number of hydrogen-bond donors (Lipinski definition) is 0. The van der Waals surface area contributed by atoms with Crippen LogP contribution in [0.25, 0.3) is 11.4 Å². The van der Waals surface area contributed by atoms with Gasteiger partial charge in [0.2, 0.25) is 0 Å². The van der Waals surface area contributed by atoms with Crippen LogP contribution in [-0.4, -0.2) is 9.97 Å². The van der Waals surface area contributed by atoms with Crippen LogP contribution in [0.15, 0.2) is 85.2 Å². The van der Waals surface area contributed by atoms with Crippen LogP contribution >= 0.6 is 0 Å². The fraction of sp³-hybridized carbons (Fsp3) is 0.154. The van der Waals surface area contributed by atoms with Gasteiger partial charge in [-0.3, -0.25) is 9.97 Å². The van der Waals surface area contributed by atoms with Crippen LogP contribution in [0, 0.1) is 13.8 Å². The van der Waals surface area contributed by atoms with Gasteiger partial charge >= 0.3 is 0 Å². The third-order valence-electron chi connectivity index (χ3n) is 4.76. The number of hydrogen-bond acceptors (Lipinski definition) is 4. The first-order valence-electron chi connectivity index (χ1n) is 9.95. The van der Waals surface area contributed by atoms with Crippen molar-refractivity contribution in [3.63, 3.8) is 0 Å². The second kappa shape index (κ2) is 9.23. The Kier molecular flexibility index (Phi) is 6.04. The van der Waals surface area contributed by atoms with Crippen molar-refractivity contribution < 1.29 is 9.47 Å². The lowest BCUT2D eigenvalue weighted by Crippen LogP contribution is -1.98. The predicted octanol–water partition coefficient (Wildman–Crippen LogP) is 5.92. The molecule has 0 aliphatic carbocycles. The minimum atomic E-state index is 0.485. The van der Waals surface area contributed by atoms with Gasteiger partial charge in [0.05, 0.1) is 11.4 Å². The molecule has 4 rings (SSSR count). The fourth-order valence-electron chi connectivity index (χ4n) is 2.93. The Morgan fingerprint density at radius 2 is 0.933 bits per heavy atom. The van der Waals surface area contributed by atoms with Crippen LogP contribution in [0.4, 0.5) is 0 Å². The van der Waals surface area contributed by atoms with E-state index in [1.54, 1.807) is 0 Å². The van der Waals surface area contributed by atoms with Crippen molar-refractivity contribution in [1.82, 2.24) is 9.97 Å². The zero-order chi connectivity index (χ0) is 20.8. The smallest absolute Gasteiger partial charge is 0.119 e. The molecular formula is C26H24N2O2. The van der Waals surface area contributed by atoms with Gasteiger partial charge in [-0.2, -0.15) is 0 Å². The molecule has 0 saturated carbocycles. The molecule has 0 aliphatic rings. The first-order valence-corrected chi connectivity index (χ1v) is 9.95. The molecule has 2 heterocycles. The molecule has 4 heteroatoms. The molecule has 2 aromatic carbocycles. The van der Waals surface area contributed by atoms with Crippen molar-refractivity contribution in [3.05, 3.63) is 107 Å². The maximum atomic E-state index is 5.81. The highest BCUT2D eigenvalue weighted by Gasteiger charge is 2.04. The molecule has 0 amide bonds. The van der Waals surface area contributed by atoms with E-state index in [1.807, 2.05) is 85.2 Å². The van der Waals surface area contributed by atoms with Gasteiger partial charge in [-0.05, 0) is 50.2 Å². The van der Waals surface area contributed by atoms with Crippen LogP contribution in [0.1, 0.15) is 22.3 Å². The first kappa shape index (κ1) is 19.6. The van der Waals surface area contributed by atoms with Gasteiger partial charge < -0.3 is 9.47 Å². The molecule has 0 unspecified atom stereocenters. The average molecular weight is 396 g/mol. The number of ether oxygens (including phenoxy) is 2. The summed E-state index contributed by atoms with van der Waals surface area (Å²) in [6.07, 6.45) is 3.67. The van der Waals surface area contributed by atoms with Crippen LogP contribution < -0.4 is 9.47 Å². The monoisotopic (exact) mass is 396 g/mol. The van der Waals surface area contributed by atoms with E-state index in [0.29, 0.717) is 13.2 Å². The number of aryl methyl sites for hydroxylation is 2. The van der Waals surface area contributed by atoms with E-state index in [-0.39, 0.29) is 0 Å². The van der Waals surface area contributed by atoms with E-state index >= 15 is 0 Å². The second-order valence-corrected chi connectivity index (χ2v) is 7.31. The summed E-state index contributed by atoms with van der Waals surface area (Å²) in [5.74, 6) is 1.71. The molecule has 4 nitrogen and oxygen atoms in total. The van der Waals surface area contributed by atoms with Crippen LogP contribution in [0.5, 0.6) is 11.5 Å². The van der Waals surface area contributed by atoms with Crippen LogP contribution in [0.2, 0.25) is 0 Å². The quantitative estimate of drug-likeness (QED) is 0.389. The largest absolute Gasteiger partial charge is 0.489 e. The van der Waals surface area contributed by atoms with E-state index in [0.717, 1.165) is 34.0 Å². The van der Waals surface area contributed by atoms with Gasteiger partial charge in [0.1, 0.15) is 24.7 Å². The Labute approximate surface area is 177 Å². The Bertz CT molecular complexity index is 981. The molecule has 30 heavy (non-hydrogen) atoms. The maximum absolute atomic E-state index is 5.81. The Balaban J connectivity index is 1.33. The third kappa shape index (κ3) is 5.23. The van der Waals surface area contributed by atoms with E-state index < -0.39 is 0 Å². The molecule has 0 atom stereocenters. The van der Waals surface area contributed by atoms with Crippen molar-refractivity contribution in [1.29, 1.82) is 0 Å². The van der Waals surface area contributed by atoms with Gasteiger partial charge in [0.25, 0.3) is 0 Å². The number of pyridine rings is 2. The van der Waals surface area contributed by atoms with E-state index in [9.17, 15) is 0 Å². The summed E-state index contributed by atoms with van der Waals surface area (Å²) in [5.41, 5.74) is 6.13. The van der Waals surface area contributed by atoms with E-state index in [4.69, 9.17) is 9.47 Å². The Hall–Kier alpha value is -3.66. The lowest BCUT2D eigenvalue weighted by molar-refractivity contribution is 0.305. The first-order chi connectivity index (χ1) is 14.7. The van der Waals surface area contributed by atoms with Crippen LogP contribution in [0.3, 0.4) is 0 Å². The molecule has 0 aliphatic heterocycles. The summed E-state index contributed by atoms with van der Waals surface area (Å²) < 4.78 is 11.6. The zero-order valence-corrected chi connectivity index (χ0v) is 17.2. The normalized spacial score (nSPS) is 10.6. The molecule has 4 aromatic rings. The lowest BCUT2D eigenvalue weighted by Gasteiger charge is -2.08. The number of rotatable bonds is 7. The van der Waals surface area contributed by atoms with Crippen molar-refractivity contribution >= 4 is 0 Å². The summed E-state index contributed by atoms with van der Waals surface area (Å²) in [5, 5.41) is 0. The van der Waals surface area contributed by atoms with Gasteiger partial charge in [0.15, 0.2) is 0 Å². The SMILES string of the molecule is Cc1ccc(OCc2ccc(-c3ccc(COc4ccc(C)cc4)cn3)nc2)cc1. The molecule has 0 fully saturated rings. The number of benzene rings is 2. The van der Waals surface area contributed by atoms with Gasteiger partial charge in [-0.15, -0.1) is 0 Å². The molecule has 0 N–H and O–H groups in total. The minimum absolute atomic E-state index is 0.485. The summed E-state index contributed by atoms with van der Waals surface area (Å²) in [6, 6.07) is 24.1. The van der Waals surface area contributed by atoms with Crippen molar-refractivity contribution in [3.8, 4) is 22.9 Å². The average Bonchev–Trinajstić information content (AvgIpc) is 2.79. The third-order valence-corrected chi connectivity index (χ3v) is 4.76. The van der Waals surface area contributed by atoms with Crippen molar-refractivity contribution in [2.75, 3.05) is 0 Å². The minimum Gasteiger partial charge on any atom is -0.489 e. The summed E-state index contributed by atoms with van der Waals surface area (Å²) in [4.78, 5) is 9.07. The van der Waals surface area contributed by atoms with E-state index in [1.165, 1.54) is 11.1 Å². The molecule has 2 aromatic heterocycles. The summed E-state index contributed by atoms with van der Waals surface area (Å²) in [6.45, 7) is 5.09. The molecule has 0 saturated heterocycles. The molecule has 0 spiro atoms. The standard InChI is InChI=1S/C26H24N2O2/c1-19-3-9-23(10-4-19)29-17-21-7-13-25(27-15-21)26-14-8-22(16-28-26)18-30-24-11-5-20(2)6-12-24/h3-16H,17-18H2,1-2H3. The maximum Gasteiger partial charge on any atom is 0.119 e. The number of aromatic nitrogens is 2. The van der Waals surface area contributed by atoms with Crippen molar-refractivity contribution in [2.45, 2.75) is 27.1 Å². The highest BCUT2D eigenvalue weighted by molar-refractivity contribution is 5.54. The summed E-state index contributed by atoms with van der Waals surface area (Å²) >= 11 is 0. The van der Waals surface area contributed by atoms with Gasteiger partial charge in [0, 0.05) is 23.5 Å². The highest BCUT2D eigenvalue weighted by Crippen LogP contribution is 2.18. The fourth-order valence-corrected chi connectivity index (χ4v) is 2.93. The van der Waals surface area contributed by atoms with Gasteiger partial charge in [-0.25, -0.2) is 0 Å². The number of nitrogens with zero attached hydrogens (tertiary/aromatic N) is 2. The van der Waals surface area contributed by atoms with Gasteiger partial charge in [-0.1, -0.05) is 47.5 Å². The molecule has 150 valence electrons. The molecule has 0 bridgehead atoms. The van der Waals surface area contributed by atoms with E-state index in [2.05, 4.69) is 23.8 Å². The molecule has 0 radical (unpaired) electrons. The predicted molar refractivity (Wildman–Crippen MR) is 118 cm³/mol. The Morgan fingerprint density at radius 1 is 0.533 bits per heavy atom.